The summed E-state index contributed by atoms with van der Waals surface area (Å²) in [6.45, 7) is 4.05. The lowest BCUT2D eigenvalue weighted by molar-refractivity contribution is -0.904. The van der Waals surface area contributed by atoms with Gasteiger partial charge in [0.25, 0.3) is 5.91 Å². The number of anilines is 1. The molecule has 1 amide bonds. The van der Waals surface area contributed by atoms with Gasteiger partial charge in [0.15, 0.2) is 6.54 Å². The van der Waals surface area contributed by atoms with E-state index in [1.165, 1.54) is 23.5 Å². The topological polar surface area (TPSA) is 42.8 Å². The van der Waals surface area contributed by atoms with Crippen molar-refractivity contribution < 1.29 is 23.2 Å². The Bertz CT molecular complexity index is 483. The lowest BCUT2D eigenvalue weighted by Crippen LogP contribution is -3.15. The van der Waals surface area contributed by atoms with Gasteiger partial charge in [-0.25, -0.2) is 0 Å². The van der Waals surface area contributed by atoms with Gasteiger partial charge < -0.3 is 15.0 Å². The number of halogens is 2. The van der Waals surface area contributed by atoms with Gasteiger partial charge in [0.2, 0.25) is 0 Å². The summed E-state index contributed by atoms with van der Waals surface area (Å²) in [6, 6.07) is 5.96. The minimum absolute atomic E-state index is 0.0566. The summed E-state index contributed by atoms with van der Waals surface area (Å²) in [5.74, 6) is 1.30. The fourth-order valence-electron chi connectivity index (χ4n) is 3.22. The molecule has 0 spiro atoms. The SMILES string of the molecule is C[C@H]1C[C@H](C)C[NH+](CC(=O)Nc2ccc(OC(F)F)cc2)C1. The quantitative estimate of drug-likeness (QED) is 0.870. The Labute approximate surface area is 129 Å². The van der Waals surface area contributed by atoms with Crippen LogP contribution in [-0.4, -0.2) is 32.2 Å². The second-order valence-electron chi connectivity index (χ2n) is 6.23. The van der Waals surface area contributed by atoms with Gasteiger partial charge >= 0.3 is 6.61 Å². The van der Waals surface area contributed by atoms with E-state index in [2.05, 4.69) is 23.9 Å². The molecule has 22 heavy (non-hydrogen) atoms. The minimum atomic E-state index is -2.84. The van der Waals surface area contributed by atoms with Crippen LogP contribution in [0, 0.1) is 11.8 Å². The number of benzene rings is 1. The van der Waals surface area contributed by atoms with Crippen molar-refractivity contribution in [3.05, 3.63) is 24.3 Å². The molecule has 1 aliphatic heterocycles. The van der Waals surface area contributed by atoms with Crippen LogP contribution in [0.5, 0.6) is 5.75 Å². The number of carbonyl (C=O) groups is 1. The maximum Gasteiger partial charge on any atom is 0.387 e. The molecule has 1 aliphatic rings. The van der Waals surface area contributed by atoms with E-state index >= 15 is 0 Å². The van der Waals surface area contributed by atoms with Crippen LogP contribution in [-0.2, 0) is 4.79 Å². The zero-order valence-corrected chi connectivity index (χ0v) is 12.9. The summed E-state index contributed by atoms with van der Waals surface area (Å²) in [5, 5.41) is 2.80. The standard InChI is InChI=1S/C16H22F2N2O2/c1-11-7-12(2)9-20(8-11)10-15(21)19-13-3-5-14(6-4-13)22-16(17)18/h3-6,11-12,16H,7-10H2,1-2H3,(H,19,21)/p+1/t11-,12-/m0/s1. The third-order valence-corrected chi connectivity index (χ3v) is 3.85. The van der Waals surface area contributed by atoms with Gasteiger partial charge in [-0.15, -0.1) is 0 Å². The van der Waals surface area contributed by atoms with Crippen molar-refractivity contribution in [2.24, 2.45) is 11.8 Å². The van der Waals surface area contributed by atoms with E-state index in [0.717, 1.165) is 13.1 Å². The number of quaternary nitrogens is 1. The first kappa shape index (κ1) is 16.7. The monoisotopic (exact) mass is 313 g/mol. The van der Waals surface area contributed by atoms with Crippen molar-refractivity contribution in [1.82, 2.24) is 0 Å². The van der Waals surface area contributed by atoms with Crippen LogP contribution in [0.1, 0.15) is 20.3 Å². The smallest absolute Gasteiger partial charge is 0.387 e. The van der Waals surface area contributed by atoms with Gasteiger partial charge in [-0.3, -0.25) is 4.79 Å². The summed E-state index contributed by atoms with van der Waals surface area (Å²) in [4.78, 5) is 13.4. The Kier molecular flexibility index (Phi) is 5.71. The molecule has 2 rings (SSSR count). The van der Waals surface area contributed by atoms with Crippen molar-refractivity contribution in [1.29, 1.82) is 0 Å². The van der Waals surface area contributed by atoms with E-state index in [-0.39, 0.29) is 11.7 Å². The van der Waals surface area contributed by atoms with Gasteiger partial charge in [-0.05, 0) is 30.7 Å². The van der Waals surface area contributed by atoms with E-state index in [1.54, 1.807) is 12.1 Å². The van der Waals surface area contributed by atoms with Crippen LogP contribution < -0.4 is 15.0 Å². The van der Waals surface area contributed by atoms with E-state index in [0.29, 0.717) is 24.1 Å². The number of hydrogen-bond acceptors (Lipinski definition) is 2. The van der Waals surface area contributed by atoms with E-state index in [4.69, 9.17) is 0 Å². The second-order valence-corrected chi connectivity index (χ2v) is 6.23. The molecule has 1 saturated heterocycles. The van der Waals surface area contributed by atoms with Crippen molar-refractivity contribution in [3.8, 4) is 5.75 Å². The Morgan fingerprint density at radius 2 is 1.86 bits per heavy atom. The highest BCUT2D eigenvalue weighted by Crippen LogP contribution is 2.17. The summed E-state index contributed by atoms with van der Waals surface area (Å²) in [7, 11) is 0. The van der Waals surface area contributed by atoms with Gasteiger partial charge in [0.1, 0.15) is 5.75 Å². The van der Waals surface area contributed by atoms with Crippen LogP contribution in [0.3, 0.4) is 0 Å². The molecule has 6 heteroatoms. The van der Waals surface area contributed by atoms with Crippen LogP contribution in [0.2, 0.25) is 0 Å². The highest BCUT2D eigenvalue weighted by molar-refractivity contribution is 5.91. The number of carbonyl (C=O) groups excluding carboxylic acids is 1. The first-order valence-corrected chi connectivity index (χ1v) is 7.60. The lowest BCUT2D eigenvalue weighted by atomic mass is 9.92. The Morgan fingerprint density at radius 3 is 2.41 bits per heavy atom. The lowest BCUT2D eigenvalue weighted by Gasteiger charge is -2.31. The molecule has 4 nitrogen and oxygen atoms in total. The molecule has 122 valence electrons. The number of hydrogen-bond donors (Lipinski definition) is 2. The molecular weight excluding hydrogens is 290 g/mol. The number of alkyl halides is 2. The largest absolute Gasteiger partial charge is 0.435 e. The molecule has 0 aromatic heterocycles. The third kappa shape index (κ3) is 5.26. The van der Waals surface area contributed by atoms with Crippen LogP contribution in [0.4, 0.5) is 14.5 Å². The third-order valence-electron chi connectivity index (χ3n) is 3.85. The number of likely N-dealkylation sites (tertiary alicyclic amines) is 1. The summed E-state index contributed by atoms with van der Waals surface area (Å²) < 4.78 is 28.4. The van der Waals surface area contributed by atoms with Crippen LogP contribution in [0.25, 0.3) is 0 Å². The van der Waals surface area contributed by atoms with Crippen molar-refractivity contribution >= 4 is 11.6 Å². The van der Waals surface area contributed by atoms with E-state index in [1.807, 2.05) is 0 Å². The molecule has 0 unspecified atom stereocenters. The average molecular weight is 313 g/mol. The molecule has 0 saturated carbocycles. The van der Waals surface area contributed by atoms with Gasteiger partial charge in [0.05, 0.1) is 13.1 Å². The van der Waals surface area contributed by atoms with Crippen LogP contribution in [0.15, 0.2) is 24.3 Å². The maximum atomic E-state index is 12.1. The predicted molar refractivity (Wildman–Crippen MR) is 80.2 cm³/mol. The normalized spacial score (nSPS) is 25.0. The zero-order valence-electron chi connectivity index (χ0n) is 12.9. The number of piperidine rings is 1. The fourth-order valence-corrected chi connectivity index (χ4v) is 3.22. The average Bonchev–Trinajstić information content (AvgIpc) is 2.39. The molecule has 1 heterocycles. The molecule has 0 radical (unpaired) electrons. The molecule has 1 aromatic rings. The number of nitrogens with one attached hydrogen (secondary N) is 2. The maximum absolute atomic E-state index is 12.1. The van der Waals surface area contributed by atoms with E-state index in [9.17, 15) is 13.6 Å². The fraction of sp³-hybridized carbons (Fsp3) is 0.562. The van der Waals surface area contributed by atoms with Gasteiger partial charge in [0, 0.05) is 17.5 Å². The molecular formula is C16H23F2N2O2+. The molecule has 0 bridgehead atoms. The van der Waals surface area contributed by atoms with E-state index < -0.39 is 6.61 Å². The summed E-state index contributed by atoms with van der Waals surface area (Å²) in [5.41, 5.74) is 0.587. The van der Waals surface area contributed by atoms with Gasteiger partial charge in [-0.1, -0.05) is 13.8 Å². The second kappa shape index (κ2) is 7.54. The number of amides is 1. The van der Waals surface area contributed by atoms with Crippen molar-refractivity contribution in [2.75, 3.05) is 25.0 Å². The molecule has 1 fully saturated rings. The Hall–Kier alpha value is -1.69. The number of ether oxygens (including phenoxy) is 1. The molecule has 2 N–H and O–H groups in total. The van der Waals surface area contributed by atoms with Crippen molar-refractivity contribution in [2.45, 2.75) is 26.9 Å². The Morgan fingerprint density at radius 1 is 1.27 bits per heavy atom. The highest BCUT2D eigenvalue weighted by Gasteiger charge is 2.26. The minimum Gasteiger partial charge on any atom is -0.435 e. The van der Waals surface area contributed by atoms with Crippen LogP contribution >= 0.6 is 0 Å². The Balaban J connectivity index is 1.84. The zero-order chi connectivity index (χ0) is 16.1. The first-order valence-electron chi connectivity index (χ1n) is 7.60. The predicted octanol–water partition coefficient (Wildman–Crippen LogP) is 1.79. The molecule has 1 aromatic carbocycles. The first-order chi connectivity index (χ1) is 10.4. The molecule has 0 aliphatic carbocycles. The van der Waals surface area contributed by atoms with Crippen molar-refractivity contribution in [3.63, 3.8) is 0 Å². The number of rotatable bonds is 5. The van der Waals surface area contributed by atoms with Gasteiger partial charge in [-0.2, -0.15) is 8.78 Å². The summed E-state index contributed by atoms with van der Waals surface area (Å²) in [6.07, 6.45) is 1.22. The molecule has 2 atom stereocenters. The highest BCUT2D eigenvalue weighted by atomic mass is 19.3. The summed E-state index contributed by atoms with van der Waals surface area (Å²) >= 11 is 0.